The average Bonchev–Trinajstić information content (AvgIpc) is 1.59. The zero-order valence-corrected chi connectivity index (χ0v) is 8.03. The highest BCUT2D eigenvalue weighted by molar-refractivity contribution is 5.85. The number of nitrogens with zero attached hydrogens (tertiary/aromatic N) is 1. The van der Waals surface area contributed by atoms with Crippen LogP contribution >= 0.6 is 12.4 Å². The van der Waals surface area contributed by atoms with Crippen molar-refractivity contribution >= 4 is 12.4 Å². The van der Waals surface area contributed by atoms with Crippen molar-refractivity contribution in [1.82, 2.24) is 4.90 Å². The normalized spacial score (nSPS) is 11.4. The standard InChI is InChI=1S/C7H17NO.ClH/c1-7(2,9)5-6-8(3)4;/h9H,5-6H2,1-4H3;1H. The molecule has 0 radical (unpaired) electrons. The van der Waals surface area contributed by atoms with Crippen molar-refractivity contribution in [2.75, 3.05) is 20.6 Å². The minimum absolute atomic E-state index is 0. The van der Waals surface area contributed by atoms with Gasteiger partial charge in [0, 0.05) is 6.54 Å². The third-order valence-corrected chi connectivity index (χ3v) is 1.17. The molecular weight excluding hydrogens is 150 g/mol. The lowest BCUT2D eigenvalue weighted by atomic mass is 10.1. The molecule has 0 aliphatic rings. The van der Waals surface area contributed by atoms with Crippen molar-refractivity contribution in [3.8, 4) is 0 Å². The molecule has 0 aliphatic heterocycles. The van der Waals surface area contributed by atoms with Gasteiger partial charge in [0.25, 0.3) is 0 Å². The Balaban J connectivity index is 0. The summed E-state index contributed by atoms with van der Waals surface area (Å²) in [5.74, 6) is 0. The van der Waals surface area contributed by atoms with Crippen LogP contribution in [0.3, 0.4) is 0 Å². The van der Waals surface area contributed by atoms with E-state index in [0.29, 0.717) is 0 Å². The fraction of sp³-hybridized carbons (Fsp3) is 1.00. The lowest BCUT2D eigenvalue weighted by Gasteiger charge is -2.19. The molecule has 0 aromatic carbocycles. The summed E-state index contributed by atoms with van der Waals surface area (Å²) in [7, 11) is 4.01. The maximum atomic E-state index is 9.24. The van der Waals surface area contributed by atoms with E-state index < -0.39 is 5.60 Å². The van der Waals surface area contributed by atoms with E-state index in [4.69, 9.17) is 0 Å². The van der Waals surface area contributed by atoms with Gasteiger partial charge in [0.15, 0.2) is 0 Å². The quantitative estimate of drug-likeness (QED) is 0.682. The molecule has 0 atom stereocenters. The highest BCUT2D eigenvalue weighted by atomic mass is 35.5. The van der Waals surface area contributed by atoms with Crippen LogP contribution in [0.15, 0.2) is 0 Å². The van der Waals surface area contributed by atoms with Crippen LogP contribution in [0.2, 0.25) is 0 Å². The van der Waals surface area contributed by atoms with E-state index in [1.807, 2.05) is 27.9 Å². The lowest BCUT2D eigenvalue weighted by Crippen LogP contribution is -2.25. The van der Waals surface area contributed by atoms with Gasteiger partial charge in [0.05, 0.1) is 5.60 Å². The molecule has 0 amide bonds. The minimum Gasteiger partial charge on any atom is -0.390 e. The van der Waals surface area contributed by atoms with Crippen LogP contribution in [0, 0.1) is 0 Å². The van der Waals surface area contributed by atoms with E-state index in [2.05, 4.69) is 4.90 Å². The summed E-state index contributed by atoms with van der Waals surface area (Å²) in [4.78, 5) is 2.07. The van der Waals surface area contributed by atoms with Crippen LogP contribution in [0.25, 0.3) is 0 Å². The average molecular weight is 168 g/mol. The monoisotopic (exact) mass is 167 g/mol. The number of hydrogen-bond acceptors (Lipinski definition) is 2. The van der Waals surface area contributed by atoms with Crippen LogP contribution in [0.5, 0.6) is 0 Å². The van der Waals surface area contributed by atoms with Gasteiger partial charge in [-0.05, 0) is 34.4 Å². The molecular formula is C7H18ClNO. The molecule has 0 fully saturated rings. The van der Waals surface area contributed by atoms with Gasteiger partial charge in [0.2, 0.25) is 0 Å². The summed E-state index contributed by atoms with van der Waals surface area (Å²) in [6.07, 6.45) is 0.833. The molecule has 64 valence electrons. The van der Waals surface area contributed by atoms with Crippen molar-refractivity contribution in [3.63, 3.8) is 0 Å². The molecule has 1 N–H and O–H groups in total. The fourth-order valence-corrected chi connectivity index (χ4v) is 0.497. The van der Waals surface area contributed by atoms with Crippen molar-refractivity contribution in [1.29, 1.82) is 0 Å². The molecule has 0 saturated heterocycles. The molecule has 3 heteroatoms. The molecule has 0 unspecified atom stereocenters. The van der Waals surface area contributed by atoms with Crippen molar-refractivity contribution in [2.45, 2.75) is 25.9 Å². The molecule has 0 aliphatic carbocycles. The van der Waals surface area contributed by atoms with Crippen LogP contribution in [0.1, 0.15) is 20.3 Å². The summed E-state index contributed by atoms with van der Waals surface area (Å²) in [6.45, 7) is 4.61. The number of aliphatic hydroxyl groups is 1. The Bertz CT molecular complexity index is 78.2. The van der Waals surface area contributed by atoms with Gasteiger partial charge in [-0.25, -0.2) is 0 Å². The highest BCUT2D eigenvalue weighted by Crippen LogP contribution is 2.06. The first kappa shape index (κ1) is 12.8. The lowest BCUT2D eigenvalue weighted by molar-refractivity contribution is 0.0631. The SMILES string of the molecule is CN(C)CCC(C)(C)O.Cl. The van der Waals surface area contributed by atoms with Gasteiger partial charge >= 0.3 is 0 Å². The second-order valence-corrected chi connectivity index (χ2v) is 3.37. The molecule has 0 spiro atoms. The van der Waals surface area contributed by atoms with Crippen molar-refractivity contribution < 1.29 is 5.11 Å². The largest absolute Gasteiger partial charge is 0.390 e. The summed E-state index contributed by atoms with van der Waals surface area (Å²) in [6, 6.07) is 0. The highest BCUT2D eigenvalue weighted by Gasteiger charge is 2.11. The van der Waals surface area contributed by atoms with Gasteiger partial charge < -0.3 is 10.0 Å². The minimum atomic E-state index is -0.510. The predicted octanol–water partition coefficient (Wildman–Crippen LogP) is 1.13. The maximum Gasteiger partial charge on any atom is 0.0603 e. The third kappa shape index (κ3) is 11.1. The van der Waals surface area contributed by atoms with Crippen LogP contribution < -0.4 is 0 Å². The number of rotatable bonds is 3. The van der Waals surface area contributed by atoms with Crippen LogP contribution in [-0.4, -0.2) is 36.2 Å². The molecule has 0 bridgehead atoms. The van der Waals surface area contributed by atoms with E-state index in [1.165, 1.54) is 0 Å². The van der Waals surface area contributed by atoms with Crippen LogP contribution in [0.4, 0.5) is 0 Å². The second kappa shape index (κ2) is 4.94. The summed E-state index contributed by atoms with van der Waals surface area (Å²) in [5.41, 5.74) is -0.510. The molecule has 0 aromatic heterocycles. The van der Waals surface area contributed by atoms with Crippen molar-refractivity contribution in [2.24, 2.45) is 0 Å². The fourth-order valence-electron chi connectivity index (χ4n) is 0.497. The van der Waals surface area contributed by atoms with Gasteiger partial charge in [0.1, 0.15) is 0 Å². The predicted molar refractivity (Wildman–Crippen MR) is 46.7 cm³/mol. The summed E-state index contributed by atoms with van der Waals surface area (Å²) in [5, 5.41) is 9.24. The molecule has 0 saturated carbocycles. The Hall–Kier alpha value is 0.210. The van der Waals surface area contributed by atoms with E-state index in [1.54, 1.807) is 0 Å². The van der Waals surface area contributed by atoms with Gasteiger partial charge in [-0.3, -0.25) is 0 Å². The third-order valence-electron chi connectivity index (χ3n) is 1.17. The number of hydrogen-bond donors (Lipinski definition) is 1. The topological polar surface area (TPSA) is 23.5 Å². The first-order chi connectivity index (χ1) is 3.92. The summed E-state index contributed by atoms with van der Waals surface area (Å²) >= 11 is 0. The molecule has 0 aromatic rings. The van der Waals surface area contributed by atoms with Crippen LogP contribution in [-0.2, 0) is 0 Å². The summed E-state index contributed by atoms with van der Waals surface area (Å²) < 4.78 is 0. The van der Waals surface area contributed by atoms with E-state index in [-0.39, 0.29) is 12.4 Å². The Morgan fingerprint density at radius 1 is 1.30 bits per heavy atom. The Morgan fingerprint density at radius 3 is 1.80 bits per heavy atom. The van der Waals surface area contributed by atoms with Crippen molar-refractivity contribution in [3.05, 3.63) is 0 Å². The molecule has 10 heavy (non-hydrogen) atoms. The first-order valence-electron chi connectivity index (χ1n) is 3.29. The molecule has 0 rings (SSSR count). The Labute approximate surface area is 69.6 Å². The van der Waals surface area contributed by atoms with E-state index >= 15 is 0 Å². The number of halogens is 1. The maximum absolute atomic E-state index is 9.24. The van der Waals surface area contributed by atoms with Gasteiger partial charge in [-0.15, -0.1) is 12.4 Å². The van der Waals surface area contributed by atoms with Gasteiger partial charge in [-0.1, -0.05) is 0 Å². The van der Waals surface area contributed by atoms with E-state index in [9.17, 15) is 5.11 Å². The molecule has 2 nitrogen and oxygen atoms in total. The van der Waals surface area contributed by atoms with E-state index in [0.717, 1.165) is 13.0 Å². The zero-order chi connectivity index (χ0) is 7.49. The first-order valence-corrected chi connectivity index (χ1v) is 3.29. The molecule has 0 heterocycles. The Morgan fingerprint density at radius 2 is 1.70 bits per heavy atom. The van der Waals surface area contributed by atoms with Gasteiger partial charge in [-0.2, -0.15) is 0 Å². The smallest absolute Gasteiger partial charge is 0.0603 e. The Kier molecular flexibility index (Phi) is 6.35. The second-order valence-electron chi connectivity index (χ2n) is 3.37. The zero-order valence-electron chi connectivity index (χ0n) is 7.22.